The number of anilines is 1. The number of pyridine rings is 1. The molecule has 0 bridgehead atoms. The zero-order chi connectivity index (χ0) is 12.8. The molecule has 4 heteroatoms. The van der Waals surface area contributed by atoms with Crippen molar-refractivity contribution in [2.24, 2.45) is 0 Å². The fourth-order valence-electron chi connectivity index (χ4n) is 2.10. The number of nitrogens with zero attached hydrogens (tertiary/aromatic N) is 1. The predicted molar refractivity (Wildman–Crippen MR) is 72.1 cm³/mol. The van der Waals surface area contributed by atoms with Crippen LogP contribution in [-0.4, -0.2) is 30.3 Å². The van der Waals surface area contributed by atoms with E-state index in [1.165, 1.54) is 0 Å². The number of rotatable bonds is 6. The molecule has 1 aromatic heterocycles. The van der Waals surface area contributed by atoms with Crippen LogP contribution in [0, 0.1) is 0 Å². The van der Waals surface area contributed by atoms with Crippen LogP contribution in [0.3, 0.4) is 0 Å². The van der Waals surface area contributed by atoms with E-state index >= 15 is 0 Å². The van der Waals surface area contributed by atoms with Gasteiger partial charge in [0.25, 0.3) is 0 Å². The monoisotopic (exact) mass is 250 g/mol. The molecule has 100 valence electrons. The third-order valence-electron chi connectivity index (χ3n) is 3.16. The largest absolute Gasteiger partial charge is 0.490 e. The second-order valence-corrected chi connectivity index (χ2v) is 4.95. The van der Waals surface area contributed by atoms with E-state index in [2.05, 4.69) is 24.1 Å². The number of aromatic nitrogens is 1. The summed E-state index contributed by atoms with van der Waals surface area (Å²) >= 11 is 0. The SMILES string of the molecule is CCCOc1cccnc1NCC1(C)CCCO1. The van der Waals surface area contributed by atoms with Crippen molar-refractivity contribution in [2.45, 2.75) is 38.7 Å². The van der Waals surface area contributed by atoms with Crippen LogP contribution in [-0.2, 0) is 4.74 Å². The quantitative estimate of drug-likeness (QED) is 0.843. The lowest BCUT2D eigenvalue weighted by molar-refractivity contribution is 0.0314. The van der Waals surface area contributed by atoms with Crippen molar-refractivity contribution >= 4 is 5.82 Å². The van der Waals surface area contributed by atoms with Gasteiger partial charge in [-0.2, -0.15) is 0 Å². The molecular weight excluding hydrogens is 228 g/mol. The first-order valence-electron chi connectivity index (χ1n) is 6.69. The Morgan fingerprint density at radius 3 is 3.17 bits per heavy atom. The Labute approximate surface area is 109 Å². The van der Waals surface area contributed by atoms with Gasteiger partial charge in [0.05, 0.1) is 12.2 Å². The summed E-state index contributed by atoms with van der Waals surface area (Å²) in [5.74, 6) is 1.63. The maximum atomic E-state index is 5.75. The molecule has 0 aromatic carbocycles. The molecule has 0 amide bonds. The van der Waals surface area contributed by atoms with Gasteiger partial charge in [-0.1, -0.05) is 6.92 Å². The fourth-order valence-corrected chi connectivity index (χ4v) is 2.10. The molecule has 0 spiro atoms. The average Bonchev–Trinajstić information content (AvgIpc) is 2.82. The summed E-state index contributed by atoms with van der Waals surface area (Å²) in [5, 5.41) is 3.34. The molecule has 0 aliphatic carbocycles. The Morgan fingerprint density at radius 2 is 2.44 bits per heavy atom. The number of nitrogens with one attached hydrogen (secondary N) is 1. The highest BCUT2D eigenvalue weighted by molar-refractivity contribution is 5.49. The summed E-state index contributed by atoms with van der Waals surface area (Å²) < 4.78 is 11.4. The van der Waals surface area contributed by atoms with Gasteiger partial charge in [0.1, 0.15) is 0 Å². The van der Waals surface area contributed by atoms with E-state index in [0.717, 1.165) is 44.0 Å². The van der Waals surface area contributed by atoms with Gasteiger partial charge in [0, 0.05) is 19.3 Å². The van der Waals surface area contributed by atoms with E-state index in [9.17, 15) is 0 Å². The molecule has 1 aliphatic rings. The maximum Gasteiger partial charge on any atom is 0.168 e. The van der Waals surface area contributed by atoms with Crippen molar-refractivity contribution in [1.29, 1.82) is 0 Å². The Hall–Kier alpha value is -1.29. The predicted octanol–water partition coefficient (Wildman–Crippen LogP) is 2.85. The summed E-state index contributed by atoms with van der Waals surface area (Å²) in [5.41, 5.74) is -0.0699. The van der Waals surface area contributed by atoms with E-state index in [4.69, 9.17) is 9.47 Å². The highest BCUT2D eigenvalue weighted by atomic mass is 16.5. The van der Waals surface area contributed by atoms with Crippen LogP contribution in [0.25, 0.3) is 0 Å². The minimum atomic E-state index is -0.0699. The first-order chi connectivity index (χ1) is 8.73. The second kappa shape index (κ2) is 6.05. The van der Waals surface area contributed by atoms with Gasteiger partial charge in [-0.05, 0) is 38.3 Å². The van der Waals surface area contributed by atoms with Gasteiger partial charge >= 0.3 is 0 Å². The molecule has 1 unspecified atom stereocenters. The Morgan fingerprint density at radius 1 is 1.56 bits per heavy atom. The van der Waals surface area contributed by atoms with Crippen molar-refractivity contribution in [2.75, 3.05) is 25.1 Å². The maximum absolute atomic E-state index is 5.75. The van der Waals surface area contributed by atoms with E-state index < -0.39 is 0 Å². The minimum Gasteiger partial charge on any atom is -0.490 e. The van der Waals surface area contributed by atoms with E-state index in [1.54, 1.807) is 6.20 Å². The van der Waals surface area contributed by atoms with Crippen LogP contribution in [0.1, 0.15) is 33.1 Å². The molecule has 0 saturated carbocycles. The molecule has 1 saturated heterocycles. The van der Waals surface area contributed by atoms with E-state index in [0.29, 0.717) is 6.61 Å². The normalized spacial score (nSPS) is 23.0. The average molecular weight is 250 g/mol. The van der Waals surface area contributed by atoms with Crippen LogP contribution < -0.4 is 10.1 Å². The van der Waals surface area contributed by atoms with Crippen molar-refractivity contribution in [3.8, 4) is 5.75 Å². The lowest BCUT2D eigenvalue weighted by atomic mass is 10.0. The Bertz CT molecular complexity index is 376. The fraction of sp³-hybridized carbons (Fsp3) is 0.643. The van der Waals surface area contributed by atoms with Crippen LogP contribution in [0.5, 0.6) is 5.75 Å². The summed E-state index contributed by atoms with van der Waals surface area (Å²) in [7, 11) is 0. The molecule has 1 aliphatic heterocycles. The van der Waals surface area contributed by atoms with Gasteiger partial charge < -0.3 is 14.8 Å². The molecule has 4 nitrogen and oxygen atoms in total. The zero-order valence-electron chi connectivity index (χ0n) is 11.2. The van der Waals surface area contributed by atoms with Crippen molar-refractivity contribution in [3.05, 3.63) is 18.3 Å². The number of hydrogen-bond acceptors (Lipinski definition) is 4. The lowest BCUT2D eigenvalue weighted by Gasteiger charge is -2.24. The summed E-state index contributed by atoms with van der Waals surface area (Å²) in [6, 6.07) is 3.84. The van der Waals surface area contributed by atoms with E-state index in [1.807, 2.05) is 12.1 Å². The van der Waals surface area contributed by atoms with Crippen molar-refractivity contribution < 1.29 is 9.47 Å². The minimum absolute atomic E-state index is 0.0699. The molecule has 1 atom stereocenters. The first kappa shape index (κ1) is 13.1. The van der Waals surface area contributed by atoms with E-state index in [-0.39, 0.29) is 5.60 Å². The van der Waals surface area contributed by atoms with Gasteiger partial charge in [-0.15, -0.1) is 0 Å². The number of hydrogen-bond donors (Lipinski definition) is 1. The number of ether oxygens (including phenoxy) is 2. The topological polar surface area (TPSA) is 43.4 Å². The smallest absolute Gasteiger partial charge is 0.168 e. The van der Waals surface area contributed by atoms with Gasteiger partial charge in [0.15, 0.2) is 11.6 Å². The molecule has 1 fully saturated rings. The summed E-state index contributed by atoms with van der Waals surface area (Å²) in [6.07, 6.45) is 5.01. The third kappa shape index (κ3) is 3.35. The molecule has 18 heavy (non-hydrogen) atoms. The Kier molecular flexibility index (Phi) is 4.42. The summed E-state index contributed by atoms with van der Waals surface area (Å²) in [4.78, 5) is 4.33. The first-order valence-corrected chi connectivity index (χ1v) is 6.69. The van der Waals surface area contributed by atoms with Gasteiger partial charge in [-0.3, -0.25) is 0 Å². The van der Waals surface area contributed by atoms with Crippen LogP contribution >= 0.6 is 0 Å². The summed E-state index contributed by atoms with van der Waals surface area (Å²) in [6.45, 7) is 6.58. The highest BCUT2D eigenvalue weighted by Crippen LogP contribution is 2.27. The molecule has 1 aromatic rings. The third-order valence-corrected chi connectivity index (χ3v) is 3.16. The Balaban J connectivity index is 1.95. The molecular formula is C14H22N2O2. The molecule has 2 heterocycles. The van der Waals surface area contributed by atoms with Gasteiger partial charge in [-0.25, -0.2) is 4.98 Å². The molecule has 0 radical (unpaired) electrons. The highest BCUT2D eigenvalue weighted by Gasteiger charge is 2.29. The van der Waals surface area contributed by atoms with Crippen LogP contribution in [0.2, 0.25) is 0 Å². The van der Waals surface area contributed by atoms with Crippen molar-refractivity contribution in [1.82, 2.24) is 4.98 Å². The lowest BCUT2D eigenvalue weighted by Crippen LogP contribution is -2.32. The molecule has 2 rings (SSSR count). The van der Waals surface area contributed by atoms with Crippen LogP contribution in [0.4, 0.5) is 5.82 Å². The van der Waals surface area contributed by atoms with Gasteiger partial charge in [0.2, 0.25) is 0 Å². The zero-order valence-corrected chi connectivity index (χ0v) is 11.2. The van der Waals surface area contributed by atoms with Crippen LogP contribution in [0.15, 0.2) is 18.3 Å². The molecule has 1 N–H and O–H groups in total. The standard InChI is InChI=1S/C14H22N2O2/c1-3-9-17-12-6-4-8-15-13(12)16-11-14(2)7-5-10-18-14/h4,6,8H,3,5,7,9-11H2,1-2H3,(H,15,16). The second-order valence-electron chi connectivity index (χ2n) is 4.95. The van der Waals surface area contributed by atoms with Crippen molar-refractivity contribution in [3.63, 3.8) is 0 Å².